The quantitative estimate of drug-likeness (QED) is 0.786. The second kappa shape index (κ2) is 7.12. The summed E-state index contributed by atoms with van der Waals surface area (Å²) < 4.78 is 15.4. The van der Waals surface area contributed by atoms with Gasteiger partial charge in [-0.25, -0.2) is 4.39 Å². The summed E-state index contributed by atoms with van der Waals surface area (Å²) >= 11 is 6.12. The zero-order valence-corrected chi connectivity index (χ0v) is 15.3. The summed E-state index contributed by atoms with van der Waals surface area (Å²) in [7, 11) is 1.51. The van der Waals surface area contributed by atoms with Crippen molar-refractivity contribution in [1.82, 2.24) is 9.88 Å². The minimum absolute atomic E-state index is 0.165. The third-order valence-corrected chi connectivity index (χ3v) is 5.43. The molecular formula is C18H20ClFN4O2. The number of nitrogens with zero attached hydrogens (tertiary/aromatic N) is 2. The van der Waals surface area contributed by atoms with Crippen molar-refractivity contribution in [3.63, 3.8) is 0 Å². The fourth-order valence-electron chi connectivity index (χ4n) is 3.62. The van der Waals surface area contributed by atoms with Crippen LogP contribution in [0.3, 0.4) is 0 Å². The van der Waals surface area contributed by atoms with Crippen LogP contribution in [0.25, 0.3) is 0 Å². The maximum absolute atomic E-state index is 14.2. The lowest BCUT2D eigenvalue weighted by Gasteiger charge is -2.39. The maximum atomic E-state index is 14.2. The van der Waals surface area contributed by atoms with Gasteiger partial charge >= 0.3 is 0 Å². The van der Waals surface area contributed by atoms with Crippen molar-refractivity contribution in [1.29, 1.82) is 5.26 Å². The minimum atomic E-state index is -1.16. The van der Waals surface area contributed by atoms with Gasteiger partial charge in [0, 0.05) is 23.9 Å². The molecule has 26 heavy (non-hydrogen) atoms. The first-order chi connectivity index (χ1) is 12.3. The van der Waals surface area contributed by atoms with Crippen LogP contribution in [0.4, 0.5) is 10.1 Å². The lowest BCUT2D eigenvalue weighted by Crippen LogP contribution is -2.54. The molecule has 1 fully saturated rings. The average Bonchev–Trinajstić information content (AvgIpc) is 2.59. The number of alkyl halides is 2. The number of rotatable bonds is 3. The van der Waals surface area contributed by atoms with Crippen LogP contribution in [-0.2, 0) is 11.8 Å². The largest absolute Gasteiger partial charge is 0.374 e. The van der Waals surface area contributed by atoms with Gasteiger partial charge in [-0.1, -0.05) is 6.08 Å². The lowest BCUT2D eigenvalue weighted by atomic mass is 9.78. The molecule has 1 aliphatic carbocycles. The molecule has 138 valence electrons. The molecule has 6 nitrogen and oxygen atoms in total. The van der Waals surface area contributed by atoms with E-state index >= 15 is 0 Å². The summed E-state index contributed by atoms with van der Waals surface area (Å²) in [6, 6.07) is 4.00. The third-order valence-electron chi connectivity index (χ3n) is 5.07. The second-order valence-electron chi connectivity index (χ2n) is 6.84. The van der Waals surface area contributed by atoms with Gasteiger partial charge < -0.3 is 15.2 Å². The first-order valence-electron chi connectivity index (χ1n) is 8.49. The molecule has 1 amide bonds. The summed E-state index contributed by atoms with van der Waals surface area (Å²) in [5.41, 5.74) is 0.635. The number of carbonyl (C=O) groups is 1. The predicted molar refractivity (Wildman–Crippen MR) is 96.8 cm³/mol. The molecular weight excluding hydrogens is 359 g/mol. The van der Waals surface area contributed by atoms with Gasteiger partial charge in [-0.15, -0.1) is 11.6 Å². The van der Waals surface area contributed by atoms with Crippen molar-refractivity contribution in [2.75, 3.05) is 5.32 Å². The summed E-state index contributed by atoms with van der Waals surface area (Å²) in [6.07, 6.45) is 1.45. The zero-order chi connectivity index (χ0) is 19.0. The number of hydrogen-bond donors (Lipinski definition) is 2. The highest BCUT2D eigenvalue weighted by atomic mass is 35.5. The van der Waals surface area contributed by atoms with E-state index in [1.165, 1.54) is 23.7 Å². The van der Waals surface area contributed by atoms with Crippen LogP contribution in [0.5, 0.6) is 0 Å². The van der Waals surface area contributed by atoms with Crippen LogP contribution in [0.15, 0.2) is 28.6 Å². The van der Waals surface area contributed by atoms with E-state index in [-0.39, 0.29) is 40.6 Å². The van der Waals surface area contributed by atoms with Crippen molar-refractivity contribution >= 4 is 23.2 Å². The molecule has 0 bridgehead atoms. The second-order valence-corrected chi connectivity index (χ2v) is 7.46. The fourth-order valence-corrected chi connectivity index (χ4v) is 3.99. The highest BCUT2D eigenvalue weighted by molar-refractivity contribution is 6.20. The smallest absolute Gasteiger partial charge is 0.274 e. The van der Waals surface area contributed by atoms with Crippen LogP contribution in [0.2, 0.25) is 0 Å². The van der Waals surface area contributed by atoms with Crippen LogP contribution in [0, 0.1) is 17.2 Å². The number of pyridine rings is 1. The molecule has 1 aromatic rings. The van der Waals surface area contributed by atoms with Crippen LogP contribution in [0.1, 0.15) is 25.5 Å². The Labute approximate surface area is 155 Å². The molecule has 0 spiro atoms. The number of aromatic nitrogens is 1. The Balaban J connectivity index is 1.84. The summed E-state index contributed by atoms with van der Waals surface area (Å²) in [6.45, 7) is 1.76. The van der Waals surface area contributed by atoms with Gasteiger partial charge in [0.25, 0.3) is 5.56 Å². The van der Waals surface area contributed by atoms with E-state index in [0.717, 1.165) is 0 Å². The Hall–Kier alpha value is -2.33. The molecule has 3 rings (SSSR count). The first kappa shape index (κ1) is 18.5. The maximum Gasteiger partial charge on any atom is 0.274 e. The third kappa shape index (κ3) is 3.34. The Bertz CT molecular complexity index is 860. The SMILES string of the molecule is C[C@H](Nc1ccc(C#N)n(C)c1=O)C1=CC2CC(Cl)CC(F)C2NC1=O. The number of carbonyl (C=O) groups excluding carboxylic acids is 1. The number of halogens is 2. The van der Waals surface area contributed by atoms with E-state index in [4.69, 9.17) is 16.9 Å². The standard InChI is InChI=1S/C18H20ClFN4O2/c1-9(22-15-4-3-12(8-21)24(2)18(15)26)13-6-10-5-11(19)7-14(20)16(10)23-17(13)25/h3-4,6,9-11,14,16,22H,5,7H2,1-2H3,(H,23,25)/t9-,10?,11?,14?,16?/m0/s1. The molecule has 0 saturated heterocycles. The number of amides is 1. The zero-order valence-electron chi connectivity index (χ0n) is 14.5. The van der Waals surface area contributed by atoms with E-state index in [9.17, 15) is 14.0 Å². The van der Waals surface area contributed by atoms with E-state index in [1.807, 2.05) is 6.07 Å². The molecule has 0 radical (unpaired) electrons. The van der Waals surface area contributed by atoms with Crippen LogP contribution in [-0.4, -0.2) is 34.1 Å². The van der Waals surface area contributed by atoms with Crippen molar-refractivity contribution in [3.05, 3.63) is 39.8 Å². The van der Waals surface area contributed by atoms with Crippen LogP contribution >= 0.6 is 11.6 Å². The van der Waals surface area contributed by atoms with Gasteiger partial charge in [0.1, 0.15) is 23.6 Å². The predicted octanol–water partition coefficient (Wildman–Crippen LogP) is 1.84. The number of hydrogen-bond acceptors (Lipinski definition) is 4. The number of fused-ring (bicyclic) bond motifs is 1. The highest BCUT2D eigenvalue weighted by Crippen LogP contribution is 2.34. The number of nitriles is 1. The molecule has 2 heterocycles. The van der Waals surface area contributed by atoms with E-state index in [2.05, 4.69) is 10.6 Å². The molecule has 2 N–H and O–H groups in total. The molecule has 1 saturated carbocycles. The molecule has 5 atom stereocenters. The Morgan fingerprint density at radius 2 is 2.15 bits per heavy atom. The Morgan fingerprint density at radius 3 is 2.85 bits per heavy atom. The monoisotopic (exact) mass is 378 g/mol. The summed E-state index contributed by atoms with van der Waals surface area (Å²) in [4.78, 5) is 24.7. The highest BCUT2D eigenvalue weighted by Gasteiger charge is 2.41. The molecule has 1 aromatic heterocycles. The molecule has 0 aromatic carbocycles. The van der Waals surface area contributed by atoms with Gasteiger partial charge in [0.15, 0.2) is 0 Å². The summed E-state index contributed by atoms with van der Waals surface area (Å²) in [5.74, 6) is -0.505. The summed E-state index contributed by atoms with van der Waals surface area (Å²) in [5, 5.41) is 14.5. The molecule has 2 aliphatic rings. The van der Waals surface area contributed by atoms with Gasteiger partial charge in [-0.2, -0.15) is 5.26 Å². The van der Waals surface area contributed by atoms with Gasteiger partial charge in [-0.05, 0) is 31.9 Å². The topological polar surface area (TPSA) is 86.9 Å². The van der Waals surface area contributed by atoms with Gasteiger partial charge in [0.05, 0.1) is 12.1 Å². The molecule has 1 aliphatic heterocycles. The van der Waals surface area contributed by atoms with Crippen LogP contribution < -0.4 is 16.2 Å². The first-order valence-corrected chi connectivity index (χ1v) is 8.92. The number of nitrogens with one attached hydrogen (secondary N) is 2. The van der Waals surface area contributed by atoms with Crippen molar-refractivity contribution < 1.29 is 9.18 Å². The van der Waals surface area contributed by atoms with E-state index in [1.54, 1.807) is 13.0 Å². The van der Waals surface area contributed by atoms with Crippen molar-refractivity contribution in [2.24, 2.45) is 13.0 Å². The van der Waals surface area contributed by atoms with Gasteiger partial charge in [0.2, 0.25) is 5.91 Å². The fraction of sp³-hybridized carbons (Fsp3) is 0.500. The lowest BCUT2D eigenvalue weighted by molar-refractivity contribution is -0.120. The van der Waals surface area contributed by atoms with Crippen molar-refractivity contribution in [2.45, 2.75) is 43.4 Å². The van der Waals surface area contributed by atoms with Crippen molar-refractivity contribution in [3.8, 4) is 6.07 Å². The Kier molecular flexibility index (Phi) is 5.05. The molecule has 4 unspecified atom stereocenters. The normalized spacial score (nSPS) is 29.0. The molecule has 8 heteroatoms. The minimum Gasteiger partial charge on any atom is -0.374 e. The van der Waals surface area contributed by atoms with Gasteiger partial charge in [-0.3, -0.25) is 9.59 Å². The van der Waals surface area contributed by atoms with E-state index < -0.39 is 18.3 Å². The Morgan fingerprint density at radius 1 is 1.42 bits per heavy atom. The van der Waals surface area contributed by atoms with E-state index in [0.29, 0.717) is 12.0 Å². The number of anilines is 1. The average molecular weight is 379 g/mol.